The molecule has 1 saturated heterocycles. The largest absolute Gasteiger partial charge is 0.352 e. The van der Waals surface area contributed by atoms with Crippen molar-refractivity contribution in [2.45, 2.75) is 46.2 Å². The summed E-state index contributed by atoms with van der Waals surface area (Å²) < 4.78 is 2.37. The molecule has 3 heterocycles. The molecule has 150 valence electrons. The Morgan fingerprint density at radius 3 is 2.38 bits per heavy atom. The van der Waals surface area contributed by atoms with Crippen molar-refractivity contribution in [3.05, 3.63) is 82.9 Å². The van der Waals surface area contributed by atoms with Crippen molar-refractivity contribution in [2.75, 3.05) is 6.54 Å². The van der Waals surface area contributed by atoms with Gasteiger partial charge in [-0.2, -0.15) is 0 Å². The van der Waals surface area contributed by atoms with Crippen LogP contribution in [-0.2, 0) is 0 Å². The number of nitrogens with one attached hydrogen (secondary N) is 1. The molecule has 1 aliphatic rings. The maximum Gasteiger partial charge on any atom is 0.170 e. The molecule has 0 unspecified atom stereocenters. The van der Waals surface area contributed by atoms with E-state index in [-0.39, 0.29) is 12.1 Å². The first-order valence-corrected chi connectivity index (χ1v) is 10.7. The Bertz CT molecular complexity index is 1010. The molecule has 1 fully saturated rings. The zero-order valence-corrected chi connectivity index (χ0v) is 18.3. The van der Waals surface area contributed by atoms with Gasteiger partial charge < -0.3 is 14.8 Å². The number of nitrogens with zero attached hydrogens (tertiary/aromatic N) is 3. The molecule has 0 radical (unpaired) electrons. The summed E-state index contributed by atoms with van der Waals surface area (Å²) in [6.07, 6.45) is 2.91. The van der Waals surface area contributed by atoms with Crippen molar-refractivity contribution in [1.29, 1.82) is 0 Å². The van der Waals surface area contributed by atoms with Crippen LogP contribution >= 0.6 is 12.2 Å². The lowest BCUT2D eigenvalue weighted by atomic mass is 9.93. The number of aromatic nitrogens is 2. The molecule has 0 bridgehead atoms. The minimum Gasteiger partial charge on any atom is -0.352 e. The maximum atomic E-state index is 5.76. The van der Waals surface area contributed by atoms with Crippen LogP contribution in [0.2, 0.25) is 0 Å². The number of para-hydroxylation sites is 1. The second-order valence-electron chi connectivity index (χ2n) is 7.70. The summed E-state index contributed by atoms with van der Waals surface area (Å²) in [7, 11) is 0. The Morgan fingerprint density at radius 1 is 1.00 bits per heavy atom. The minimum atomic E-state index is 0.0404. The van der Waals surface area contributed by atoms with E-state index in [1.54, 1.807) is 0 Å². The van der Waals surface area contributed by atoms with E-state index in [2.05, 4.69) is 83.9 Å². The average Bonchev–Trinajstić information content (AvgIpc) is 3.17. The minimum absolute atomic E-state index is 0.0404. The van der Waals surface area contributed by atoms with Gasteiger partial charge in [-0.3, -0.25) is 4.98 Å². The van der Waals surface area contributed by atoms with Crippen molar-refractivity contribution in [1.82, 2.24) is 19.8 Å². The van der Waals surface area contributed by atoms with E-state index in [1.807, 2.05) is 18.3 Å². The predicted molar refractivity (Wildman–Crippen MR) is 122 cm³/mol. The summed E-state index contributed by atoms with van der Waals surface area (Å²) in [6.45, 7) is 9.79. The van der Waals surface area contributed by atoms with Gasteiger partial charge >= 0.3 is 0 Å². The van der Waals surface area contributed by atoms with Gasteiger partial charge in [-0.05, 0) is 69.2 Å². The number of pyridine rings is 1. The fraction of sp³-hybridized carbons (Fsp3) is 0.333. The van der Waals surface area contributed by atoms with Gasteiger partial charge in [0.15, 0.2) is 5.11 Å². The zero-order valence-electron chi connectivity index (χ0n) is 17.5. The van der Waals surface area contributed by atoms with Gasteiger partial charge in [0, 0.05) is 35.4 Å². The Hall–Kier alpha value is -2.66. The van der Waals surface area contributed by atoms with E-state index >= 15 is 0 Å². The first kappa shape index (κ1) is 19.6. The van der Waals surface area contributed by atoms with Crippen LogP contribution in [0.1, 0.15) is 53.6 Å². The molecule has 5 heteroatoms. The summed E-state index contributed by atoms with van der Waals surface area (Å²) in [5.74, 6) is 0. The van der Waals surface area contributed by atoms with Gasteiger partial charge in [0.25, 0.3) is 0 Å². The Kier molecular flexibility index (Phi) is 5.41. The van der Waals surface area contributed by atoms with Crippen molar-refractivity contribution >= 4 is 17.3 Å². The summed E-state index contributed by atoms with van der Waals surface area (Å²) in [6, 6.07) is 16.8. The van der Waals surface area contributed by atoms with Crippen LogP contribution in [0.25, 0.3) is 5.69 Å². The maximum absolute atomic E-state index is 5.76. The van der Waals surface area contributed by atoms with Gasteiger partial charge in [0.2, 0.25) is 0 Å². The first-order valence-electron chi connectivity index (χ1n) is 10.3. The van der Waals surface area contributed by atoms with E-state index in [9.17, 15) is 0 Å². The highest BCUT2D eigenvalue weighted by atomic mass is 32.1. The van der Waals surface area contributed by atoms with Crippen LogP contribution in [0.4, 0.5) is 0 Å². The lowest BCUT2D eigenvalue weighted by molar-refractivity contribution is 0.315. The van der Waals surface area contributed by atoms with Gasteiger partial charge in [-0.25, -0.2) is 0 Å². The second kappa shape index (κ2) is 7.99. The number of rotatable bonds is 5. The number of hydrogen-bond donors (Lipinski definition) is 1. The number of hydrogen-bond acceptors (Lipinski definition) is 2. The third kappa shape index (κ3) is 3.33. The first-order chi connectivity index (χ1) is 14.0. The summed E-state index contributed by atoms with van der Waals surface area (Å²) in [5, 5.41) is 4.38. The molecule has 0 saturated carbocycles. The zero-order chi connectivity index (χ0) is 20.5. The lowest BCUT2D eigenvalue weighted by Crippen LogP contribution is -2.30. The van der Waals surface area contributed by atoms with Crippen molar-refractivity contribution in [3.63, 3.8) is 0 Å². The topological polar surface area (TPSA) is 33.1 Å². The van der Waals surface area contributed by atoms with Crippen LogP contribution in [0.15, 0.2) is 54.7 Å². The van der Waals surface area contributed by atoms with Gasteiger partial charge in [-0.1, -0.05) is 31.2 Å². The average molecular weight is 405 g/mol. The van der Waals surface area contributed by atoms with Gasteiger partial charge in [-0.15, -0.1) is 0 Å². The van der Waals surface area contributed by atoms with Crippen molar-refractivity contribution in [2.24, 2.45) is 0 Å². The van der Waals surface area contributed by atoms with Crippen molar-refractivity contribution in [3.8, 4) is 5.69 Å². The van der Waals surface area contributed by atoms with Crippen LogP contribution < -0.4 is 5.32 Å². The van der Waals surface area contributed by atoms with E-state index < -0.39 is 0 Å². The third-order valence-corrected chi connectivity index (χ3v) is 6.33. The van der Waals surface area contributed by atoms with E-state index in [0.717, 1.165) is 23.8 Å². The van der Waals surface area contributed by atoms with Crippen molar-refractivity contribution < 1.29 is 0 Å². The molecule has 3 aromatic rings. The number of thiocarbonyl (C=S) groups is 1. The summed E-state index contributed by atoms with van der Waals surface area (Å²) >= 11 is 5.76. The molecule has 2 aromatic heterocycles. The molecule has 1 N–H and O–H groups in total. The monoisotopic (exact) mass is 404 g/mol. The molecule has 1 aromatic carbocycles. The molecule has 2 atom stereocenters. The predicted octanol–water partition coefficient (Wildman–Crippen LogP) is 5.18. The molecule has 0 aliphatic carbocycles. The Balaban J connectivity index is 1.89. The molecule has 0 spiro atoms. The highest BCUT2D eigenvalue weighted by Gasteiger charge is 2.42. The third-order valence-electron chi connectivity index (χ3n) is 5.98. The Labute approximate surface area is 178 Å². The normalized spacial score (nSPS) is 18.9. The summed E-state index contributed by atoms with van der Waals surface area (Å²) in [5.41, 5.74) is 7.44. The second-order valence-corrected chi connectivity index (χ2v) is 8.09. The van der Waals surface area contributed by atoms with Gasteiger partial charge in [0.1, 0.15) is 0 Å². The van der Waals surface area contributed by atoms with E-state index in [0.29, 0.717) is 0 Å². The fourth-order valence-corrected chi connectivity index (χ4v) is 4.94. The van der Waals surface area contributed by atoms with Crippen LogP contribution in [-0.4, -0.2) is 26.1 Å². The van der Waals surface area contributed by atoms with E-state index in [1.165, 1.54) is 28.2 Å². The molecule has 0 amide bonds. The highest BCUT2D eigenvalue weighted by molar-refractivity contribution is 7.80. The molecular formula is C24H28N4S. The molecule has 4 rings (SSSR count). The van der Waals surface area contributed by atoms with Crippen LogP contribution in [0.5, 0.6) is 0 Å². The standard InChI is InChI=1S/C24H28N4S/c1-5-15-27-23(22(26-24(27)29)20-13-9-10-14-25-20)21-16(2)17(3)28(18(21)4)19-11-7-6-8-12-19/h6-14,22-23H,5,15H2,1-4H3,(H,26,29)/t22-,23+/m1/s1. The quantitative estimate of drug-likeness (QED) is 0.594. The number of benzene rings is 1. The van der Waals surface area contributed by atoms with E-state index in [4.69, 9.17) is 12.2 Å². The fourth-order valence-electron chi connectivity index (χ4n) is 4.61. The van der Waals surface area contributed by atoms with Crippen LogP contribution in [0, 0.1) is 20.8 Å². The highest BCUT2D eigenvalue weighted by Crippen LogP contribution is 2.43. The molecule has 29 heavy (non-hydrogen) atoms. The molecule has 1 aliphatic heterocycles. The smallest absolute Gasteiger partial charge is 0.170 e. The lowest BCUT2D eigenvalue weighted by Gasteiger charge is -2.28. The molecular weight excluding hydrogens is 376 g/mol. The molecule has 4 nitrogen and oxygen atoms in total. The Morgan fingerprint density at radius 2 is 1.72 bits per heavy atom. The van der Waals surface area contributed by atoms with Gasteiger partial charge in [0.05, 0.1) is 17.8 Å². The SMILES string of the molecule is CCCN1C(=S)N[C@H](c2ccccn2)[C@@H]1c1c(C)c(C)n(-c2ccccc2)c1C. The summed E-state index contributed by atoms with van der Waals surface area (Å²) in [4.78, 5) is 7.00. The van der Waals surface area contributed by atoms with Crippen LogP contribution in [0.3, 0.4) is 0 Å².